The van der Waals surface area contributed by atoms with Gasteiger partial charge in [-0.1, -0.05) is 46.4 Å². The Hall–Kier alpha value is -1.27. The van der Waals surface area contributed by atoms with Crippen LogP contribution in [0.1, 0.15) is 0 Å². The maximum atomic E-state index is 10.9. The van der Waals surface area contributed by atoms with Crippen LogP contribution >= 0.6 is 46.4 Å². The van der Waals surface area contributed by atoms with Crippen LogP contribution in [0.2, 0.25) is 20.2 Å². The maximum Gasteiger partial charge on any atom is 0.311 e. The summed E-state index contributed by atoms with van der Waals surface area (Å²) in [4.78, 5) is 14.2. The van der Waals surface area contributed by atoms with E-state index < -0.39 is 4.92 Å². The number of benzene rings is 1. The third-order valence-corrected chi connectivity index (χ3v) is 3.55. The highest BCUT2D eigenvalue weighted by atomic mass is 35.5. The van der Waals surface area contributed by atoms with Crippen molar-refractivity contribution in [2.24, 2.45) is 0 Å². The molecule has 0 aliphatic rings. The topological polar surface area (TPSA) is 68.1 Å². The highest BCUT2D eigenvalue weighted by Crippen LogP contribution is 2.35. The van der Waals surface area contributed by atoms with Crippen LogP contribution < -0.4 is 5.32 Å². The van der Waals surface area contributed by atoms with Gasteiger partial charge >= 0.3 is 5.69 Å². The molecule has 1 aromatic carbocycles. The minimum Gasteiger partial charge on any atom is -0.333 e. The van der Waals surface area contributed by atoms with Gasteiger partial charge < -0.3 is 5.32 Å². The monoisotopic (exact) mass is 351 g/mol. The van der Waals surface area contributed by atoms with E-state index in [1.54, 1.807) is 0 Å². The molecule has 20 heavy (non-hydrogen) atoms. The van der Waals surface area contributed by atoms with Gasteiger partial charge in [-0.05, 0) is 18.2 Å². The van der Waals surface area contributed by atoms with Crippen LogP contribution in [0.5, 0.6) is 0 Å². The summed E-state index contributed by atoms with van der Waals surface area (Å²) in [6.45, 7) is 0. The van der Waals surface area contributed by atoms with Crippen LogP contribution in [0.3, 0.4) is 0 Å². The van der Waals surface area contributed by atoms with E-state index in [9.17, 15) is 10.1 Å². The number of hydrogen-bond donors (Lipinski definition) is 1. The van der Waals surface area contributed by atoms with Gasteiger partial charge in [0.2, 0.25) is 5.82 Å². The molecule has 1 N–H and O–H groups in total. The van der Waals surface area contributed by atoms with Gasteiger partial charge in [0, 0.05) is 6.07 Å². The second-order valence-electron chi connectivity index (χ2n) is 3.63. The molecule has 0 atom stereocenters. The first-order valence-corrected chi connectivity index (χ1v) is 6.62. The Morgan fingerprint density at radius 2 is 1.70 bits per heavy atom. The molecule has 5 nitrogen and oxygen atoms in total. The van der Waals surface area contributed by atoms with Gasteiger partial charge in [-0.25, -0.2) is 4.98 Å². The van der Waals surface area contributed by atoms with E-state index in [1.165, 1.54) is 24.3 Å². The minimum atomic E-state index is -0.586. The van der Waals surface area contributed by atoms with E-state index in [1.807, 2.05) is 0 Å². The molecule has 0 aliphatic heterocycles. The fraction of sp³-hybridized carbons (Fsp3) is 0. The summed E-state index contributed by atoms with van der Waals surface area (Å²) < 4.78 is 0. The zero-order chi connectivity index (χ0) is 14.9. The quantitative estimate of drug-likeness (QED) is 0.350. The number of rotatable bonds is 3. The van der Waals surface area contributed by atoms with E-state index in [2.05, 4.69) is 10.3 Å². The fourth-order valence-electron chi connectivity index (χ4n) is 1.41. The fourth-order valence-corrected chi connectivity index (χ4v) is 2.15. The number of nitro groups is 1. The van der Waals surface area contributed by atoms with E-state index >= 15 is 0 Å². The van der Waals surface area contributed by atoms with Gasteiger partial charge in [0.1, 0.15) is 5.15 Å². The average Bonchev–Trinajstić information content (AvgIpc) is 2.35. The molecule has 2 aromatic rings. The average molecular weight is 353 g/mol. The SMILES string of the molecule is O=[N+]([O-])c1ccc(Cl)nc1Nc1cc(Cl)c(Cl)cc1Cl. The Kier molecular flexibility index (Phi) is 4.55. The molecule has 104 valence electrons. The molecule has 0 bridgehead atoms. The van der Waals surface area contributed by atoms with E-state index in [0.29, 0.717) is 5.69 Å². The van der Waals surface area contributed by atoms with Crippen LogP contribution in [-0.4, -0.2) is 9.91 Å². The van der Waals surface area contributed by atoms with Crippen molar-refractivity contribution in [3.8, 4) is 0 Å². The lowest BCUT2D eigenvalue weighted by atomic mass is 10.3. The number of halogens is 4. The van der Waals surface area contributed by atoms with E-state index in [-0.39, 0.29) is 31.7 Å². The molecule has 0 unspecified atom stereocenters. The summed E-state index contributed by atoms with van der Waals surface area (Å²) in [6.07, 6.45) is 0. The number of anilines is 2. The summed E-state index contributed by atoms with van der Waals surface area (Å²) in [6, 6.07) is 5.42. The van der Waals surface area contributed by atoms with Crippen LogP contribution in [0.15, 0.2) is 24.3 Å². The highest BCUT2D eigenvalue weighted by molar-refractivity contribution is 6.44. The Bertz CT molecular complexity index is 694. The van der Waals surface area contributed by atoms with Crippen LogP contribution in [0.4, 0.5) is 17.2 Å². The predicted octanol–water partition coefficient (Wildman–Crippen LogP) is 5.35. The molecule has 1 aromatic heterocycles. The van der Waals surface area contributed by atoms with Crippen molar-refractivity contribution in [2.45, 2.75) is 0 Å². The zero-order valence-electron chi connectivity index (χ0n) is 9.53. The summed E-state index contributed by atoms with van der Waals surface area (Å²) in [5, 5.41) is 14.5. The number of pyridine rings is 1. The number of nitrogens with one attached hydrogen (secondary N) is 1. The Morgan fingerprint density at radius 1 is 1.05 bits per heavy atom. The van der Waals surface area contributed by atoms with Crippen LogP contribution in [-0.2, 0) is 0 Å². The normalized spacial score (nSPS) is 10.4. The van der Waals surface area contributed by atoms with Crippen molar-refractivity contribution in [2.75, 3.05) is 5.32 Å². The van der Waals surface area contributed by atoms with Gasteiger partial charge in [0.05, 0.1) is 25.7 Å². The largest absolute Gasteiger partial charge is 0.333 e. The van der Waals surface area contributed by atoms with Gasteiger partial charge in [-0.3, -0.25) is 10.1 Å². The lowest BCUT2D eigenvalue weighted by Crippen LogP contribution is -2.00. The summed E-state index contributed by atoms with van der Waals surface area (Å²) >= 11 is 23.4. The highest BCUT2D eigenvalue weighted by Gasteiger charge is 2.17. The molecular weight excluding hydrogens is 348 g/mol. The van der Waals surface area contributed by atoms with Crippen molar-refractivity contribution in [3.63, 3.8) is 0 Å². The zero-order valence-corrected chi connectivity index (χ0v) is 12.6. The number of hydrogen-bond acceptors (Lipinski definition) is 4. The second-order valence-corrected chi connectivity index (χ2v) is 5.24. The van der Waals surface area contributed by atoms with Gasteiger partial charge in [-0.2, -0.15) is 0 Å². The standard InChI is InChI=1S/C11H5Cl4N3O2/c12-5-3-7(14)8(4-6(5)13)16-11-9(18(19)20)1-2-10(15)17-11/h1-4H,(H,16,17). The molecule has 0 radical (unpaired) electrons. The Balaban J connectivity index is 2.47. The van der Waals surface area contributed by atoms with Crippen molar-refractivity contribution in [1.82, 2.24) is 4.98 Å². The van der Waals surface area contributed by atoms with Crippen LogP contribution in [0, 0.1) is 10.1 Å². The van der Waals surface area contributed by atoms with Gasteiger partial charge in [0.15, 0.2) is 0 Å². The number of nitrogens with zero attached hydrogens (tertiary/aromatic N) is 2. The third kappa shape index (κ3) is 3.24. The number of aromatic nitrogens is 1. The van der Waals surface area contributed by atoms with Crippen molar-refractivity contribution in [1.29, 1.82) is 0 Å². The molecule has 0 fully saturated rings. The van der Waals surface area contributed by atoms with Crippen molar-refractivity contribution in [3.05, 3.63) is 54.6 Å². The van der Waals surface area contributed by atoms with Gasteiger partial charge in [0.25, 0.3) is 0 Å². The van der Waals surface area contributed by atoms with Crippen molar-refractivity contribution < 1.29 is 4.92 Å². The molecule has 0 saturated carbocycles. The lowest BCUT2D eigenvalue weighted by Gasteiger charge is -2.09. The summed E-state index contributed by atoms with van der Waals surface area (Å²) in [7, 11) is 0. The lowest BCUT2D eigenvalue weighted by molar-refractivity contribution is -0.384. The third-order valence-electron chi connectivity index (χ3n) is 2.30. The molecule has 1 heterocycles. The second kappa shape index (κ2) is 6.01. The molecule has 0 saturated heterocycles. The molecule has 0 amide bonds. The predicted molar refractivity (Wildman–Crippen MR) is 80.7 cm³/mol. The molecule has 2 rings (SSSR count). The summed E-state index contributed by atoms with van der Waals surface area (Å²) in [5.74, 6) is -0.0391. The first-order valence-electron chi connectivity index (χ1n) is 5.11. The van der Waals surface area contributed by atoms with Gasteiger partial charge in [-0.15, -0.1) is 0 Å². The van der Waals surface area contributed by atoms with Crippen molar-refractivity contribution >= 4 is 63.6 Å². The smallest absolute Gasteiger partial charge is 0.311 e. The van der Waals surface area contributed by atoms with Crippen LogP contribution in [0.25, 0.3) is 0 Å². The Morgan fingerprint density at radius 3 is 2.35 bits per heavy atom. The maximum absolute atomic E-state index is 10.9. The first-order chi connectivity index (χ1) is 9.38. The summed E-state index contributed by atoms with van der Waals surface area (Å²) in [5.41, 5.74) is 0.0930. The molecule has 0 spiro atoms. The Labute approximate surface area is 133 Å². The molecule has 0 aliphatic carbocycles. The first kappa shape index (κ1) is 15.1. The minimum absolute atomic E-state index is 0.0391. The van der Waals surface area contributed by atoms with E-state index in [4.69, 9.17) is 46.4 Å². The molecule has 9 heteroatoms. The van der Waals surface area contributed by atoms with E-state index in [0.717, 1.165) is 0 Å². The molecular formula is C11H5Cl4N3O2.